The molecule has 2 aromatic carbocycles. The van der Waals surface area contributed by atoms with Crippen molar-refractivity contribution in [1.82, 2.24) is 15.2 Å². The van der Waals surface area contributed by atoms with Crippen molar-refractivity contribution in [2.45, 2.75) is 18.0 Å². The van der Waals surface area contributed by atoms with Crippen molar-refractivity contribution in [1.29, 1.82) is 5.26 Å². The van der Waals surface area contributed by atoms with E-state index in [1.54, 1.807) is 24.5 Å². The Morgan fingerprint density at radius 1 is 0.931 bits per heavy atom. The normalized spacial score (nSPS) is 22.4. The fourth-order valence-corrected chi connectivity index (χ4v) is 4.47. The molecule has 1 aromatic heterocycles. The lowest BCUT2D eigenvalue weighted by Gasteiger charge is -2.54. The molecule has 0 spiro atoms. The predicted octanol–water partition coefficient (Wildman–Crippen LogP) is 3.20. The Kier molecular flexibility index (Phi) is 4.34. The molecule has 3 aliphatic heterocycles. The molecule has 3 atom stereocenters. The minimum atomic E-state index is 0.0820. The summed E-state index contributed by atoms with van der Waals surface area (Å²) in [5.74, 6) is 0.519. The van der Waals surface area contributed by atoms with Crippen LogP contribution in [0, 0.1) is 11.3 Å². The van der Waals surface area contributed by atoms with E-state index >= 15 is 0 Å². The third-order valence-corrected chi connectivity index (χ3v) is 5.99. The van der Waals surface area contributed by atoms with Gasteiger partial charge in [-0.05, 0) is 41.0 Å². The highest BCUT2D eigenvalue weighted by atomic mass is 16.2. The van der Waals surface area contributed by atoms with Crippen LogP contribution in [0.3, 0.4) is 0 Å². The number of fused-ring (bicyclic) bond motifs is 2. The Bertz CT molecular complexity index is 1060. The number of hydrogen-bond donors (Lipinski definition) is 1. The molecule has 0 aliphatic carbocycles. The van der Waals surface area contributed by atoms with Crippen LogP contribution < -0.4 is 5.32 Å². The maximum Gasteiger partial charge on any atom is 0.254 e. The number of nitrogens with zero attached hydrogens (tertiary/aromatic N) is 3. The average molecular weight is 380 g/mol. The van der Waals surface area contributed by atoms with Crippen molar-refractivity contribution in [3.8, 4) is 17.2 Å². The molecule has 5 nitrogen and oxygen atoms in total. The Morgan fingerprint density at radius 2 is 1.52 bits per heavy atom. The van der Waals surface area contributed by atoms with Gasteiger partial charge in [0.15, 0.2) is 0 Å². The van der Waals surface area contributed by atoms with Crippen molar-refractivity contribution < 1.29 is 4.79 Å². The van der Waals surface area contributed by atoms with Gasteiger partial charge in [0, 0.05) is 49.0 Å². The van der Waals surface area contributed by atoms with E-state index in [-0.39, 0.29) is 5.91 Å². The number of benzene rings is 2. The number of nitriles is 1. The minimum absolute atomic E-state index is 0.0820. The zero-order valence-corrected chi connectivity index (χ0v) is 15.8. The molecule has 1 amide bonds. The molecule has 3 aliphatic rings. The van der Waals surface area contributed by atoms with E-state index in [1.165, 1.54) is 5.56 Å². The first-order chi connectivity index (χ1) is 14.2. The average Bonchev–Trinajstić information content (AvgIpc) is 2.80. The molecule has 1 N–H and O–H groups in total. The number of nitrogens with one attached hydrogen (secondary N) is 1. The van der Waals surface area contributed by atoms with Gasteiger partial charge in [-0.2, -0.15) is 5.26 Å². The number of carbonyl (C=O) groups is 1. The summed E-state index contributed by atoms with van der Waals surface area (Å²) < 4.78 is 0. The maximum atomic E-state index is 12.7. The molecule has 3 aromatic rings. The molecule has 0 saturated carbocycles. The molecule has 1 unspecified atom stereocenters. The van der Waals surface area contributed by atoms with Crippen LogP contribution >= 0.6 is 0 Å². The summed E-state index contributed by atoms with van der Waals surface area (Å²) in [6, 6.07) is 22.6. The van der Waals surface area contributed by atoms with Crippen LogP contribution in [0.5, 0.6) is 0 Å². The second-order valence-electron chi connectivity index (χ2n) is 7.66. The maximum absolute atomic E-state index is 12.7. The predicted molar refractivity (Wildman–Crippen MR) is 110 cm³/mol. The number of aromatic nitrogens is 1. The van der Waals surface area contributed by atoms with Crippen molar-refractivity contribution >= 4 is 5.91 Å². The number of pyridine rings is 1. The molecule has 5 heteroatoms. The quantitative estimate of drug-likeness (QED) is 0.758. The second kappa shape index (κ2) is 7.16. The highest BCUT2D eigenvalue weighted by Gasteiger charge is 2.48. The van der Waals surface area contributed by atoms with Gasteiger partial charge in [0.05, 0.1) is 11.6 Å². The SMILES string of the molecule is N#Cc1ccc(-c2ccc(C3[C@@H]4CN(C(=O)c5ccncc5)C[C@H]3N4)cc2)cc1. The number of rotatable bonds is 3. The number of carbonyl (C=O) groups excluding carboxylic acids is 1. The summed E-state index contributed by atoms with van der Waals surface area (Å²) >= 11 is 0. The first kappa shape index (κ1) is 17.6. The van der Waals surface area contributed by atoms with E-state index in [0.717, 1.165) is 24.2 Å². The van der Waals surface area contributed by atoms with Gasteiger partial charge < -0.3 is 10.2 Å². The molecule has 142 valence electrons. The van der Waals surface area contributed by atoms with Gasteiger partial charge in [-0.3, -0.25) is 9.78 Å². The van der Waals surface area contributed by atoms with E-state index in [4.69, 9.17) is 5.26 Å². The molecule has 4 heterocycles. The lowest BCUT2D eigenvalue weighted by Crippen LogP contribution is -2.72. The van der Waals surface area contributed by atoms with E-state index in [1.807, 2.05) is 29.2 Å². The zero-order chi connectivity index (χ0) is 19.8. The Labute approximate surface area is 169 Å². The van der Waals surface area contributed by atoms with Crippen molar-refractivity contribution in [3.05, 3.63) is 89.7 Å². The van der Waals surface area contributed by atoms with Crippen molar-refractivity contribution in [2.24, 2.45) is 0 Å². The first-order valence-corrected chi connectivity index (χ1v) is 9.79. The van der Waals surface area contributed by atoms with Gasteiger partial charge in [-0.1, -0.05) is 36.4 Å². The highest BCUT2D eigenvalue weighted by molar-refractivity contribution is 5.94. The van der Waals surface area contributed by atoms with Crippen molar-refractivity contribution in [2.75, 3.05) is 13.1 Å². The second-order valence-corrected chi connectivity index (χ2v) is 7.66. The third kappa shape index (κ3) is 3.18. The van der Waals surface area contributed by atoms with Gasteiger partial charge >= 0.3 is 0 Å². The summed E-state index contributed by atoms with van der Waals surface area (Å²) in [5.41, 5.74) is 4.93. The van der Waals surface area contributed by atoms with E-state index in [9.17, 15) is 4.79 Å². The van der Waals surface area contributed by atoms with Gasteiger partial charge in [0.2, 0.25) is 0 Å². The zero-order valence-electron chi connectivity index (χ0n) is 15.8. The van der Waals surface area contributed by atoms with Crippen LogP contribution in [0.15, 0.2) is 73.1 Å². The minimum Gasteiger partial charge on any atom is -0.335 e. The fraction of sp³-hybridized carbons (Fsp3) is 0.208. The van der Waals surface area contributed by atoms with Crippen molar-refractivity contribution in [3.63, 3.8) is 0 Å². The highest BCUT2D eigenvalue weighted by Crippen LogP contribution is 2.37. The van der Waals surface area contributed by atoms with Crippen LogP contribution in [-0.2, 0) is 0 Å². The molecule has 3 fully saturated rings. The molecule has 2 bridgehead atoms. The molecular weight excluding hydrogens is 360 g/mol. The lowest BCUT2D eigenvalue weighted by atomic mass is 9.74. The molecular formula is C24H20N4O. The van der Waals surface area contributed by atoms with Crippen LogP contribution in [0.4, 0.5) is 0 Å². The number of piperazine rings is 1. The van der Waals surface area contributed by atoms with E-state index < -0.39 is 0 Å². The van der Waals surface area contributed by atoms with Gasteiger partial charge in [-0.25, -0.2) is 0 Å². The fourth-order valence-electron chi connectivity index (χ4n) is 4.47. The Balaban J connectivity index is 1.28. The lowest BCUT2D eigenvalue weighted by molar-refractivity contribution is 0.0367. The summed E-state index contributed by atoms with van der Waals surface area (Å²) in [6.45, 7) is 1.44. The van der Waals surface area contributed by atoms with Gasteiger partial charge in [-0.15, -0.1) is 0 Å². The smallest absolute Gasteiger partial charge is 0.254 e. The van der Waals surface area contributed by atoms with Crippen LogP contribution in [-0.4, -0.2) is 41.0 Å². The topological polar surface area (TPSA) is 69.0 Å². The Hall–Kier alpha value is -3.49. The summed E-state index contributed by atoms with van der Waals surface area (Å²) in [7, 11) is 0. The van der Waals surface area contributed by atoms with Crippen LogP contribution in [0.1, 0.15) is 27.4 Å². The number of hydrogen-bond acceptors (Lipinski definition) is 4. The summed E-state index contributed by atoms with van der Waals surface area (Å²) in [6.07, 6.45) is 3.32. The van der Waals surface area contributed by atoms with Crippen LogP contribution in [0.2, 0.25) is 0 Å². The number of piperidine rings is 1. The molecule has 6 rings (SSSR count). The van der Waals surface area contributed by atoms with E-state index in [0.29, 0.717) is 29.1 Å². The number of amides is 1. The van der Waals surface area contributed by atoms with Gasteiger partial charge in [0.1, 0.15) is 0 Å². The monoisotopic (exact) mass is 380 g/mol. The first-order valence-electron chi connectivity index (χ1n) is 9.79. The summed E-state index contributed by atoms with van der Waals surface area (Å²) in [4.78, 5) is 18.6. The third-order valence-electron chi connectivity index (χ3n) is 5.99. The van der Waals surface area contributed by atoms with E-state index in [2.05, 4.69) is 40.6 Å². The van der Waals surface area contributed by atoms with Gasteiger partial charge in [0.25, 0.3) is 5.91 Å². The molecule has 0 radical (unpaired) electrons. The molecule has 3 saturated heterocycles. The Morgan fingerprint density at radius 3 is 2.10 bits per heavy atom. The summed E-state index contributed by atoms with van der Waals surface area (Å²) in [5, 5.41) is 12.5. The standard InChI is InChI=1S/C24H20N4O/c25-13-16-1-3-17(4-2-16)18-5-7-19(8-6-18)23-21-14-28(15-22(23)27-21)24(29)20-9-11-26-12-10-20/h1-12,21-23,27H,14-15H2/t21-,22+,23?. The van der Waals surface area contributed by atoms with Crippen LogP contribution in [0.25, 0.3) is 11.1 Å². The largest absolute Gasteiger partial charge is 0.335 e. The molecule has 29 heavy (non-hydrogen) atoms.